The minimum atomic E-state index is -0.813. The maximum atomic E-state index is 13.1. The Bertz CT molecular complexity index is 1350. The van der Waals surface area contributed by atoms with E-state index in [9.17, 15) is 14.4 Å². The van der Waals surface area contributed by atoms with Crippen molar-refractivity contribution in [2.75, 3.05) is 25.2 Å². The Morgan fingerprint density at radius 1 is 0.816 bits per heavy atom. The van der Waals surface area contributed by atoms with Crippen LogP contribution < -0.4 is 24.4 Å². The Hall–Kier alpha value is -4.59. The van der Waals surface area contributed by atoms with Gasteiger partial charge >= 0.3 is 6.03 Å². The third-order valence-corrected chi connectivity index (χ3v) is 5.94. The number of hydrogen-bond acceptors (Lipinski definition) is 6. The molecule has 8 heteroatoms. The van der Waals surface area contributed by atoms with Crippen molar-refractivity contribution in [3.05, 3.63) is 89.5 Å². The molecule has 1 fully saturated rings. The van der Waals surface area contributed by atoms with E-state index in [1.807, 2.05) is 12.1 Å². The highest BCUT2D eigenvalue weighted by Gasteiger charge is 2.36. The summed E-state index contributed by atoms with van der Waals surface area (Å²) in [6.45, 7) is 7.13. The molecule has 1 aliphatic heterocycles. The molecular weight excluding hydrogens is 484 g/mol. The second-order valence-electron chi connectivity index (χ2n) is 9.70. The predicted molar refractivity (Wildman–Crippen MR) is 145 cm³/mol. The van der Waals surface area contributed by atoms with Gasteiger partial charge in [0.05, 0.1) is 12.8 Å². The Labute approximate surface area is 221 Å². The number of barbiturate groups is 1. The molecule has 0 aromatic heterocycles. The highest BCUT2D eigenvalue weighted by molar-refractivity contribution is 6.39. The van der Waals surface area contributed by atoms with Gasteiger partial charge in [0.2, 0.25) is 0 Å². The van der Waals surface area contributed by atoms with Crippen LogP contribution in [-0.2, 0) is 15.0 Å². The van der Waals surface area contributed by atoms with Gasteiger partial charge < -0.3 is 14.2 Å². The van der Waals surface area contributed by atoms with Crippen LogP contribution in [-0.4, -0.2) is 38.2 Å². The number of hydrogen-bond donors (Lipinski definition) is 1. The number of carbonyl (C=O) groups is 3. The third-order valence-electron chi connectivity index (χ3n) is 5.94. The van der Waals surface area contributed by atoms with Crippen molar-refractivity contribution in [2.45, 2.75) is 26.2 Å². The summed E-state index contributed by atoms with van der Waals surface area (Å²) in [4.78, 5) is 38.9. The Kier molecular flexibility index (Phi) is 7.81. The SMILES string of the molecule is COc1ccc(N2C(=O)NC(=O)/C(=C/c3cccc(OCCOc4ccc(C(C)(C)C)cc4)c3)C2=O)cc1. The van der Waals surface area contributed by atoms with E-state index in [4.69, 9.17) is 14.2 Å². The number of methoxy groups -OCH3 is 1. The maximum absolute atomic E-state index is 13.1. The second-order valence-corrected chi connectivity index (χ2v) is 9.70. The number of imide groups is 2. The molecule has 0 radical (unpaired) electrons. The zero-order valence-corrected chi connectivity index (χ0v) is 21.8. The van der Waals surface area contributed by atoms with Crippen LogP contribution in [0.5, 0.6) is 17.2 Å². The van der Waals surface area contributed by atoms with Crippen molar-refractivity contribution in [3.63, 3.8) is 0 Å². The summed E-state index contributed by atoms with van der Waals surface area (Å²) >= 11 is 0. The molecule has 1 aliphatic rings. The monoisotopic (exact) mass is 514 g/mol. The van der Waals surface area contributed by atoms with Gasteiger partial charge in [-0.3, -0.25) is 14.9 Å². The molecule has 8 nitrogen and oxygen atoms in total. The van der Waals surface area contributed by atoms with E-state index >= 15 is 0 Å². The fourth-order valence-electron chi connectivity index (χ4n) is 3.85. The normalized spacial score (nSPS) is 14.9. The molecule has 1 N–H and O–H groups in total. The van der Waals surface area contributed by atoms with E-state index in [0.29, 0.717) is 36.0 Å². The lowest BCUT2D eigenvalue weighted by atomic mass is 9.87. The number of nitrogens with one attached hydrogen (secondary N) is 1. The second kappa shape index (κ2) is 11.2. The summed E-state index contributed by atoms with van der Waals surface area (Å²) < 4.78 is 16.7. The molecule has 4 rings (SSSR count). The molecule has 0 aliphatic carbocycles. The van der Waals surface area contributed by atoms with Crippen LogP contribution in [0.1, 0.15) is 31.9 Å². The number of urea groups is 1. The van der Waals surface area contributed by atoms with E-state index in [2.05, 4.69) is 38.2 Å². The quantitative estimate of drug-likeness (QED) is 0.255. The van der Waals surface area contributed by atoms with E-state index in [1.54, 1.807) is 48.5 Å². The van der Waals surface area contributed by atoms with Crippen LogP contribution in [0.2, 0.25) is 0 Å². The van der Waals surface area contributed by atoms with Gasteiger partial charge in [0.1, 0.15) is 36.0 Å². The number of nitrogens with zero attached hydrogens (tertiary/aromatic N) is 1. The van der Waals surface area contributed by atoms with Crippen molar-refractivity contribution in [1.29, 1.82) is 0 Å². The summed E-state index contributed by atoms with van der Waals surface area (Å²) in [5.41, 5.74) is 2.03. The van der Waals surface area contributed by atoms with Crippen LogP contribution in [0.4, 0.5) is 10.5 Å². The van der Waals surface area contributed by atoms with Gasteiger partial charge in [0, 0.05) is 0 Å². The molecule has 3 aromatic rings. The van der Waals surface area contributed by atoms with Gasteiger partial charge in [-0.25, -0.2) is 9.69 Å². The molecular formula is C30H30N2O6. The lowest BCUT2D eigenvalue weighted by Crippen LogP contribution is -2.54. The van der Waals surface area contributed by atoms with Crippen LogP contribution in [0.25, 0.3) is 6.08 Å². The van der Waals surface area contributed by atoms with Crippen molar-refractivity contribution in [3.8, 4) is 17.2 Å². The third kappa shape index (κ3) is 6.21. The van der Waals surface area contributed by atoms with Crippen molar-refractivity contribution < 1.29 is 28.6 Å². The number of benzene rings is 3. The minimum Gasteiger partial charge on any atom is -0.497 e. The van der Waals surface area contributed by atoms with Crippen LogP contribution in [0.15, 0.2) is 78.4 Å². The smallest absolute Gasteiger partial charge is 0.335 e. The maximum Gasteiger partial charge on any atom is 0.335 e. The number of rotatable bonds is 8. The molecule has 1 saturated heterocycles. The number of amides is 4. The number of anilines is 1. The topological polar surface area (TPSA) is 94.2 Å². The largest absolute Gasteiger partial charge is 0.497 e. The van der Waals surface area contributed by atoms with E-state index < -0.39 is 17.8 Å². The summed E-state index contributed by atoms with van der Waals surface area (Å²) in [6.07, 6.45) is 1.43. The zero-order valence-electron chi connectivity index (χ0n) is 21.8. The van der Waals surface area contributed by atoms with Gasteiger partial charge in [-0.15, -0.1) is 0 Å². The van der Waals surface area contributed by atoms with Crippen LogP contribution in [0, 0.1) is 0 Å². The fourth-order valence-corrected chi connectivity index (χ4v) is 3.85. The van der Waals surface area contributed by atoms with E-state index in [1.165, 1.54) is 18.7 Å². The summed E-state index contributed by atoms with van der Waals surface area (Å²) in [6, 6.07) is 20.6. The molecule has 1 heterocycles. The fraction of sp³-hybridized carbons (Fsp3) is 0.233. The molecule has 3 aromatic carbocycles. The minimum absolute atomic E-state index is 0.0778. The highest BCUT2D eigenvalue weighted by Crippen LogP contribution is 2.26. The molecule has 0 saturated carbocycles. The van der Waals surface area contributed by atoms with Crippen LogP contribution >= 0.6 is 0 Å². The predicted octanol–water partition coefficient (Wildman–Crippen LogP) is 5.12. The molecule has 38 heavy (non-hydrogen) atoms. The molecule has 0 bridgehead atoms. The first-order valence-electron chi connectivity index (χ1n) is 12.2. The summed E-state index contributed by atoms with van der Waals surface area (Å²) in [5.74, 6) is 0.407. The molecule has 0 spiro atoms. The van der Waals surface area contributed by atoms with Gasteiger partial charge in [-0.2, -0.15) is 0 Å². The van der Waals surface area contributed by atoms with E-state index in [0.717, 1.165) is 10.6 Å². The number of ether oxygens (including phenoxy) is 3. The van der Waals surface area contributed by atoms with E-state index in [-0.39, 0.29) is 11.0 Å². The molecule has 0 atom stereocenters. The number of carbonyl (C=O) groups excluding carboxylic acids is 3. The molecule has 4 amide bonds. The lowest BCUT2D eigenvalue weighted by molar-refractivity contribution is -0.122. The lowest BCUT2D eigenvalue weighted by Gasteiger charge is -2.26. The van der Waals surface area contributed by atoms with Crippen molar-refractivity contribution >= 4 is 29.6 Å². The molecule has 0 unspecified atom stereocenters. The van der Waals surface area contributed by atoms with Gasteiger partial charge in [-0.1, -0.05) is 45.0 Å². The Morgan fingerprint density at radius 2 is 1.45 bits per heavy atom. The first-order chi connectivity index (χ1) is 18.2. The average Bonchev–Trinajstić information content (AvgIpc) is 2.89. The van der Waals surface area contributed by atoms with Crippen molar-refractivity contribution in [1.82, 2.24) is 5.32 Å². The summed E-state index contributed by atoms with van der Waals surface area (Å²) in [5, 5.41) is 2.22. The molecule has 196 valence electrons. The zero-order chi connectivity index (χ0) is 27.3. The highest BCUT2D eigenvalue weighted by atomic mass is 16.5. The van der Waals surface area contributed by atoms with Crippen molar-refractivity contribution in [2.24, 2.45) is 0 Å². The van der Waals surface area contributed by atoms with Gasteiger partial charge in [-0.05, 0) is 71.1 Å². The summed E-state index contributed by atoms with van der Waals surface area (Å²) in [7, 11) is 1.52. The first-order valence-corrected chi connectivity index (χ1v) is 12.2. The first kappa shape index (κ1) is 26.5. The Morgan fingerprint density at radius 3 is 2.08 bits per heavy atom. The Balaban J connectivity index is 1.40. The van der Waals surface area contributed by atoms with Gasteiger partial charge in [0.15, 0.2) is 0 Å². The average molecular weight is 515 g/mol. The van der Waals surface area contributed by atoms with Gasteiger partial charge in [0.25, 0.3) is 11.8 Å². The van der Waals surface area contributed by atoms with Crippen LogP contribution in [0.3, 0.4) is 0 Å². The standard InChI is InChI=1S/C30H30N2O6/c1-30(2,3)21-8-12-24(13-9-21)37-16-17-38-25-7-5-6-20(18-25)19-26-27(33)31-29(35)32(28(26)34)22-10-14-23(36-4)15-11-22/h5-15,18-19H,16-17H2,1-4H3,(H,31,33,35)/b26-19-.